The van der Waals surface area contributed by atoms with Crippen LogP contribution in [-0.2, 0) is 18.3 Å². The number of carbonyl (C=O) groups excluding carboxylic acids is 2. The van der Waals surface area contributed by atoms with Crippen molar-refractivity contribution >= 4 is 22.7 Å². The quantitative estimate of drug-likeness (QED) is 0.714. The molecule has 0 radical (unpaired) electrons. The lowest BCUT2D eigenvalue weighted by atomic mass is 9.98. The van der Waals surface area contributed by atoms with Crippen LogP contribution in [0, 0.1) is 11.7 Å². The van der Waals surface area contributed by atoms with Crippen molar-refractivity contribution in [2.45, 2.75) is 6.42 Å². The first-order valence-electron chi connectivity index (χ1n) is 8.31. The van der Waals surface area contributed by atoms with Crippen LogP contribution in [0.25, 0.3) is 10.9 Å². The Kier molecular flexibility index (Phi) is 5.02. The molecule has 2 aromatic carbocycles. The van der Waals surface area contributed by atoms with Crippen molar-refractivity contribution in [2.24, 2.45) is 18.7 Å². The Balaban J connectivity index is 1.71. The van der Waals surface area contributed by atoms with Crippen LogP contribution >= 0.6 is 0 Å². The highest BCUT2D eigenvalue weighted by Gasteiger charge is 2.19. The highest BCUT2D eigenvalue weighted by Crippen LogP contribution is 2.20. The average molecular weight is 353 g/mol. The second-order valence-electron chi connectivity index (χ2n) is 6.31. The third-order valence-corrected chi connectivity index (χ3v) is 4.45. The molecule has 6 heteroatoms. The molecule has 0 spiro atoms. The number of nitrogens with zero attached hydrogens (tertiary/aromatic N) is 1. The van der Waals surface area contributed by atoms with Crippen molar-refractivity contribution in [2.75, 3.05) is 6.54 Å². The van der Waals surface area contributed by atoms with Gasteiger partial charge in [0.05, 0.1) is 11.5 Å². The zero-order chi connectivity index (χ0) is 18.7. The standard InChI is InChI=1S/C20H20FN3O2/c1-24-12-17(16-4-2-3-5-18(16)24)20(26)23-11-14(19(22)25)10-13-6-8-15(21)9-7-13/h2-9,12,14H,10-11H2,1H3,(H2,22,25)(H,23,26)/t14-/m1/s1. The van der Waals surface area contributed by atoms with Gasteiger partial charge < -0.3 is 15.6 Å². The number of para-hydroxylation sites is 1. The Hall–Kier alpha value is -3.15. The molecule has 0 unspecified atom stereocenters. The molecule has 5 nitrogen and oxygen atoms in total. The number of benzene rings is 2. The van der Waals surface area contributed by atoms with Gasteiger partial charge in [-0.1, -0.05) is 30.3 Å². The van der Waals surface area contributed by atoms with Crippen LogP contribution in [0.15, 0.2) is 54.7 Å². The maximum atomic E-state index is 13.0. The van der Waals surface area contributed by atoms with Crippen molar-refractivity contribution in [1.29, 1.82) is 0 Å². The topological polar surface area (TPSA) is 77.1 Å². The van der Waals surface area contributed by atoms with Crippen LogP contribution in [-0.4, -0.2) is 22.9 Å². The zero-order valence-corrected chi connectivity index (χ0v) is 14.4. The minimum atomic E-state index is -0.570. The van der Waals surface area contributed by atoms with Gasteiger partial charge >= 0.3 is 0 Å². The summed E-state index contributed by atoms with van der Waals surface area (Å²) in [5, 5.41) is 3.64. The molecule has 1 heterocycles. The lowest BCUT2D eigenvalue weighted by Gasteiger charge is -2.14. The average Bonchev–Trinajstić information content (AvgIpc) is 2.97. The lowest BCUT2D eigenvalue weighted by molar-refractivity contribution is -0.121. The van der Waals surface area contributed by atoms with Gasteiger partial charge in [0.15, 0.2) is 0 Å². The number of rotatable bonds is 6. The number of hydrogen-bond donors (Lipinski definition) is 2. The minimum Gasteiger partial charge on any atom is -0.369 e. The second-order valence-corrected chi connectivity index (χ2v) is 6.31. The Morgan fingerprint density at radius 2 is 1.85 bits per heavy atom. The van der Waals surface area contributed by atoms with Gasteiger partial charge in [-0.05, 0) is 30.2 Å². The minimum absolute atomic E-state index is 0.120. The summed E-state index contributed by atoms with van der Waals surface area (Å²) in [5.74, 6) is -1.67. The fraction of sp³-hybridized carbons (Fsp3) is 0.200. The fourth-order valence-corrected chi connectivity index (χ4v) is 3.01. The molecule has 3 rings (SSSR count). The number of primary amides is 1. The van der Waals surface area contributed by atoms with Crippen molar-refractivity contribution in [3.63, 3.8) is 0 Å². The Bertz CT molecular complexity index is 947. The maximum Gasteiger partial charge on any atom is 0.253 e. The summed E-state index contributed by atoms with van der Waals surface area (Å²) in [6.45, 7) is 0.120. The van der Waals surface area contributed by atoms with Crippen LogP contribution in [0.5, 0.6) is 0 Å². The summed E-state index contributed by atoms with van der Waals surface area (Å²) in [6.07, 6.45) is 2.10. The van der Waals surface area contributed by atoms with Gasteiger partial charge in [0.2, 0.25) is 5.91 Å². The number of carbonyl (C=O) groups is 2. The number of aromatic nitrogens is 1. The summed E-state index contributed by atoms with van der Waals surface area (Å²) >= 11 is 0. The number of halogens is 1. The van der Waals surface area contributed by atoms with Crippen LogP contribution in [0.1, 0.15) is 15.9 Å². The van der Waals surface area contributed by atoms with Gasteiger partial charge in [0.1, 0.15) is 5.82 Å². The van der Waals surface area contributed by atoms with Gasteiger partial charge in [0, 0.05) is 30.7 Å². The summed E-state index contributed by atoms with van der Waals surface area (Å²) in [6, 6.07) is 13.5. The molecule has 0 aliphatic carbocycles. The van der Waals surface area contributed by atoms with E-state index in [1.807, 2.05) is 35.9 Å². The third kappa shape index (κ3) is 3.74. The number of nitrogens with two attached hydrogens (primary N) is 1. The van der Waals surface area contributed by atoms with Gasteiger partial charge in [0.25, 0.3) is 5.91 Å². The van der Waals surface area contributed by atoms with Crippen molar-refractivity contribution in [1.82, 2.24) is 9.88 Å². The van der Waals surface area contributed by atoms with Crippen molar-refractivity contribution in [3.05, 3.63) is 71.7 Å². The summed E-state index contributed by atoms with van der Waals surface area (Å²) < 4.78 is 14.9. The first-order valence-corrected chi connectivity index (χ1v) is 8.31. The second kappa shape index (κ2) is 7.39. The smallest absolute Gasteiger partial charge is 0.253 e. The van der Waals surface area contributed by atoms with E-state index in [9.17, 15) is 14.0 Å². The van der Waals surface area contributed by atoms with E-state index in [-0.39, 0.29) is 18.3 Å². The molecule has 26 heavy (non-hydrogen) atoms. The molecular formula is C20H20FN3O2. The summed E-state index contributed by atoms with van der Waals surface area (Å²) in [7, 11) is 1.87. The number of nitrogens with one attached hydrogen (secondary N) is 1. The molecule has 0 saturated heterocycles. The lowest BCUT2D eigenvalue weighted by Crippen LogP contribution is -2.37. The van der Waals surface area contributed by atoms with Gasteiger partial charge in [-0.3, -0.25) is 9.59 Å². The molecule has 0 fully saturated rings. The van der Waals surface area contributed by atoms with Gasteiger partial charge in [-0.2, -0.15) is 0 Å². The molecule has 0 saturated carbocycles. The van der Waals surface area contributed by atoms with E-state index in [0.717, 1.165) is 16.5 Å². The molecule has 2 amide bonds. The third-order valence-electron chi connectivity index (χ3n) is 4.45. The molecule has 0 bridgehead atoms. The largest absolute Gasteiger partial charge is 0.369 e. The van der Waals surface area contributed by atoms with E-state index in [2.05, 4.69) is 5.32 Å². The van der Waals surface area contributed by atoms with E-state index >= 15 is 0 Å². The Morgan fingerprint density at radius 3 is 2.54 bits per heavy atom. The van der Waals surface area contributed by atoms with Crippen molar-refractivity contribution < 1.29 is 14.0 Å². The zero-order valence-electron chi connectivity index (χ0n) is 14.4. The fourth-order valence-electron chi connectivity index (χ4n) is 3.01. The predicted molar refractivity (Wildman–Crippen MR) is 98.0 cm³/mol. The molecular weight excluding hydrogens is 333 g/mol. The van der Waals surface area contributed by atoms with E-state index in [4.69, 9.17) is 5.73 Å². The van der Waals surface area contributed by atoms with E-state index in [1.54, 1.807) is 18.3 Å². The highest BCUT2D eigenvalue weighted by molar-refractivity contribution is 6.07. The number of fused-ring (bicyclic) bond motifs is 1. The van der Waals surface area contributed by atoms with E-state index < -0.39 is 11.8 Å². The predicted octanol–water partition coefficient (Wildman–Crippen LogP) is 2.39. The molecule has 1 atom stereocenters. The first kappa shape index (κ1) is 17.7. The van der Waals surface area contributed by atoms with Gasteiger partial charge in [-0.25, -0.2) is 4.39 Å². The van der Waals surface area contributed by atoms with Crippen LogP contribution < -0.4 is 11.1 Å². The first-order chi connectivity index (χ1) is 12.5. The van der Waals surface area contributed by atoms with E-state index in [1.165, 1.54) is 12.1 Å². The van der Waals surface area contributed by atoms with Crippen LogP contribution in [0.4, 0.5) is 4.39 Å². The summed E-state index contributed by atoms with van der Waals surface area (Å²) in [5.41, 5.74) is 7.76. The number of amides is 2. The van der Waals surface area contributed by atoms with E-state index in [0.29, 0.717) is 12.0 Å². The van der Waals surface area contributed by atoms with Crippen molar-refractivity contribution in [3.8, 4) is 0 Å². The number of aryl methyl sites for hydroxylation is 1. The Labute approximate surface area is 150 Å². The maximum absolute atomic E-state index is 13.0. The molecule has 134 valence electrons. The SMILES string of the molecule is Cn1cc(C(=O)NC[C@@H](Cc2ccc(F)cc2)C(N)=O)c2ccccc21. The molecule has 3 aromatic rings. The van der Waals surface area contributed by atoms with Crippen LogP contribution in [0.2, 0.25) is 0 Å². The highest BCUT2D eigenvalue weighted by atomic mass is 19.1. The van der Waals surface area contributed by atoms with Gasteiger partial charge in [-0.15, -0.1) is 0 Å². The number of hydrogen-bond acceptors (Lipinski definition) is 2. The summed E-state index contributed by atoms with van der Waals surface area (Å²) in [4.78, 5) is 24.3. The van der Waals surface area contributed by atoms with Crippen LogP contribution in [0.3, 0.4) is 0 Å². The normalized spacial score (nSPS) is 12.1. The molecule has 3 N–H and O–H groups in total. The Morgan fingerprint density at radius 1 is 1.15 bits per heavy atom. The molecule has 0 aliphatic heterocycles. The molecule has 0 aliphatic rings. The monoisotopic (exact) mass is 353 g/mol. The molecule has 1 aromatic heterocycles.